The molecule has 3 nitrogen and oxygen atoms in total. The molecule has 0 aliphatic carbocycles. The van der Waals surface area contributed by atoms with Gasteiger partial charge in [0.25, 0.3) is 0 Å². The van der Waals surface area contributed by atoms with Crippen LogP contribution >= 0.6 is 0 Å². The summed E-state index contributed by atoms with van der Waals surface area (Å²) in [5.41, 5.74) is 7.26. The van der Waals surface area contributed by atoms with E-state index in [-0.39, 0.29) is 0 Å². The van der Waals surface area contributed by atoms with Gasteiger partial charge < -0.3 is 5.32 Å². The summed E-state index contributed by atoms with van der Waals surface area (Å²) in [7, 11) is 1.92. The molecule has 2 aromatic carbocycles. The predicted molar refractivity (Wildman–Crippen MR) is 139 cm³/mol. The molecule has 3 aromatic rings. The van der Waals surface area contributed by atoms with Gasteiger partial charge in [0.05, 0.1) is 5.52 Å². The Labute approximate surface area is 187 Å². The molecule has 0 atom stereocenters. The van der Waals surface area contributed by atoms with Gasteiger partial charge in [0.2, 0.25) is 0 Å². The molecule has 0 aliphatic rings. The summed E-state index contributed by atoms with van der Waals surface area (Å²) in [4.78, 5) is 9.36. The van der Waals surface area contributed by atoms with E-state index in [1.807, 2.05) is 58.4 Å². The highest BCUT2D eigenvalue weighted by molar-refractivity contribution is 6.10. The van der Waals surface area contributed by atoms with Gasteiger partial charge in [-0.05, 0) is 42.7 Å². The molecule has 0 fully saturated rings. The molecule has 31 heavy (non-hydrogen) atoms. The van der Waals surface area contributed by atoms with Crippen LogP contribution in [0.5, 0.6) is 0 Å². The molecule has 0 saturated heterocycles. The van der Waals surface area contributed by atoms with Gasteiger partial charge in [-0.1, -0.05) is 75.9 Å². The maximum atomic E-state index is 4.79. The number of nitrogens with zero attached hydrogens (tertiary/aromatic N) is 2. The van der Waals surface area contributed by atoms with Crippen LogP contribution in [0.1, 0.15) is 45.2 Å². The average Bonchev–Trinajstić information content (AvgIpc) is 2.83. The Morgan fingerprint density at radius 2 is 1.77 bits per heavy atom. The van der Waals surface area contributed by atoms with Crippen molar-refractivity contribution in [3.05, 3.63) is 96.3 Å². The van der Waals surface area contributed by atoms with Crippen molar-refractivity contribution < 1.29 is 0 Å². The third kappa shape index (κ3) is 6.02. The van der Waals surface area contributed by atoms with E-state index in [0.717, 1.165) is 51.0 Å². The number of rotatable bonds is 7. The minimum absolute atomic E-state index is 0.909. The standard InChI is InChI=1S/C26H27N3.C2H6/c1-5-9-22(20-13-15-23(27-4)16-14-20)18-29-19(3)24(6-2)25-12-7-10-21-11-8-17-28-26(21)25;1-2/h6-18,27H,2,5H2,1,3-4H3;1-2H3/b22-9+,24-19-,29-18-;. The Balaban J connectivity index is 0.00000166. The quantitative estimate of drug-likeness (QED) is 0.318. The summed E-state index contributed by atoms with van der Waals surface area (Å²) >= 11 is 0. The van der Waals surface area contributed by atoms with Crippen LogP contribution in [0.3, 0.4) is 0 Å². The van der Waals surface area contributed by atoms with Gasteiger partial charge in [-0.2, -0.15) is 0 Å². The predicted octanol–water partition coefficient (Wildman–Crippen LogP) is 7.78. The zero-order chi connectivity index (χ0) is 22.6. The molecule has 0 unspecified atom stereocenters. The number of pyridine rings is 1. The summed E-state index contributed by atoms with van der Waals surface area (Å²) in [6.45, 7) is 12.2. The van der Waals surface area contributed by atoms with Gasteiger partial charge in [-0.15, -0.1) is 0 Å². The van der Waals surface area contributed by atoms with Crippen LogP contribution in [0.25, 0.3) is 22.0 Å². The van der Waals surface area contributed by atoms with Gasteiger partial charge in [-0.25, -0.2) is 0 Å². The van der Waals surface area contributed by atoms with Crippen LogP contribution in [-0.2, 0) is 0 Å². The van der Waals surface area contributed by atoms with Crippen LogP contribution < -0.4 is 5.32 Å². The lowest BCUT2D eigenvalue weighted by Gasteiger charge is -2.09. The topological polar surface area (TPSA) is 37.3 Å². The molecule has 160 valence electrons. The first-order valence-electron chi connectivity index (χ1n) is 10.9. The second-order valence-electron chi connectivity index (χ2n) is 6.74. The van der Waals surface area contributed by atoms with Crippen molar-refractivity contribution in [1.29, 1.82) is 0 Å². The zero-order valence-corrected chi connectivity index (χ0v) is 19.3. The molecular weight excluding hydrogens is 378 g/mol. The Morgan fingerprint density at radius 1 is 1.06 bits per heavy atom. The number of anilines is 1. The summed E-state index contributed by atoms with van der Waals surface area (Å²) in [6.07, 6.45) is 8.76. The highest BCUT2D eigenvalue weighted by atomic mass is 14.8. The molecule has 3 rings (SSSR count). The Hall–Kier alpha value is -3.46. The van der Waals surface area contributed by atoms with E-state index >= 15 is 0 Å². The second-order valence-corrected chi connectivity index (χ2v) is 6.74. The molecule has 0 saturated carbocycles. The molecule has 0 spiro atoms. The summed E-state index contributed by atoms with van der Waals surface area (Å²) < 4.78 is 0. The van der Waals surface area contributed by atoms with Crippen molar-refractivity contribution in [1.82, 2.24) is 4.98 Å². The van der Waals surface area contributed by atoms with E-state index in [2.05, 4.69) is 72.3 Å². The molecule has 1 heterocycles. The minimum atomic E-state index is 0.909. The van der Waals surface area contributed by atoms with Crippen molar-refractivity contribution in [2.75, 3.05) is 12.4 Å². The van der Waals surface area contributed by atoms with E-state index in [4.69, 9.17) is 4.99 Å². The smallest absolute Gasteiger partial charge is 0.0780 e. The SMILES string of the molecule is C=C/C(=C(C)/N=C\C(=C/CC)c1ccc(NC)cc1)c1cccc2cccnc12.CC. The van der Waals surface area contributed by atoms with Crippen LogP contribution in [0.2, 0.25) is 0 Å². The van der Waals surface area contributed by atoms with Crippen LogP contribution in [0.15, 0.2) is 90.2 Å². The van der Waals surface area contributed by atoms with Crippen molar-refractivity contribution in [3.63, 3.8) is 0 Å². The zero-order valence-electron chi connectivity index (χ0n) is 19.3. The third-order valence-electron chi connectivity index (χ3n) is 4.85. The monoisotopic (exact) mass is 411 g/mol. The maximum absolute atomic E-state index is 4.79. The fourth-order valence-electron chi connectivity index (χ4n) is 3.30. The van der Waals surface area contributed by atoms with Gasteiger partial charge in [0.15, 0.2) is 0 Å². The van der Waals surface area contributed by atoms with Crippen molar-refractivity contribution in [3.8, 4) is 0 Å². The minimum Gasteiger partial charge on any atom is -0.388 e. The number of nitrogens with one attached hydrogen (secondary N) is 1. The Bertz CT molecular complexity index is 1080. The number of allylic oxidation sites excluding steroid dienone is 5. The number of aliphatic imine (C=N–C) groups is 1. The Kier molecular flexibility index (Phi) is 9.44. The highest BCUT2D eigenvalue weighted by Gasteiger charge is 2.08. The number of hydrogen-bond donors (Lipinski definition) is 1. The average molecular weight is 412 g/mol. The van der Waals surface area contributed by atoms with E-state index < -0.39 is 0 Å². The van der Waals surface area contributed by atoms with Gasteiger partial charge in [0, 0.05) is 47.4 Å². The number of aromatic nitrogens is 1. The summed E-state index contributed by atoms with van der Waals surface area (Å²) in [6, 6.07) is 18.6. The number of fused-ring (bicyclic) bond motifs is 1. The van der Waals surface area contributed by atoms with E-state index in [0.29, 0.717) is 0 Å². The number of hydrogen-bond acceptors (Lipinski definition) is 3. The number of para-hydroxylation sites is 1. The van der Waals surface area contributed by atoms with Gasteiger partial charge in [-0.3, -0.25) is 9.98 Å². The number of benzene rings is 2. The van der Waals surface area contributed by atoms with E-state index in [9.17, 15) is 0 Å². The van der Waals surface area contributed by atoms with Crippen molar-refractivity contribution in [2.24, 2.45) is 4.99 Å². The van der Waals surface area contributed by atoms with Crippen LogP contribution in [-0.4, -0.2) is 18.2 Å². The molecule has 1 N–H and O–H groups in total. The van der Waals surface area contributed by atoms with Crippen molar-refractivity contribution >= 4 is 34.0 Å². The van der Waals surface area contributed by atoms with Gasteiger partial charge >= 0.3 is 0 Å². The molecule has 3 heteroatoms. The maximum Gasteiger partial charge on any atom is 0.0780 e. The fraction of sp³-hybridized carbons (Fsp3) is 0.214. The highest BCUT2D eigenvalue weighted by Crippen LogP contribution is 2.27. The lowest BCUT2D eigenvalue weighted by atomic mass is 10.0. The molecule has 0 bridgehead atoms. The molecule has 0 radical (unpaired) electrons. The fourth-order valence-corrected chi connectivity index (χ4v) is 3.30. The molecule has 0 amide bonds. The molecular formula is C28H33N3. The van der Waals surface area contributed by atoms with Gasteiger partial charge in [0.1, 0.15) is 0 Å². The largest absolute Gasteiger partial charge is 0.388 e. The summed E-state index contributed by atoms with van der Waals surface area (Å²) in [5.74, 6) is 0. The van der Waals surface area contributed by atoms with Crippen LogP contribution in [0, 0.1) is 0 Å². The van der Waals surface area contributed by atoms with E-state index in [1.54, 1.807) is 0 Å². The Morgan fingerprint density at radius 3 is 2.42 bits per heavy atom. The normalized spacial score (nSPS) is 12.2. The van der Waals surface area contributed by atoms with Crippen molar-refractivity contribution in [2.45, 2.75) is 34.1 Å². The first-order chi connectivity index (χ1) is 15.2. The second kappa shape index (κ2) is 12.3. The molecule has 1 aromatic heterocycles. The van der Waals surface area contributed by atoms with Crippen LogP contribution in [0.4, 0.5) is 5.69 Å². The summed E-state index contributed by atoms with van der Waals surface area (Å²) in [5, 5.41) is 4.26. The van der Waals surface area contributed by atoms with E-state index in [1.165, 1.54) is 0 Å². The molecule has 0 aliphatic heterocycles. The first-order valence-corrected chi connectivity index (χ1v) is 10.9. The lowest BCUT2D eigenvalue weighted by Crippen LogP contribution is -1.92. The third-order valence-corrected chi connectivity index (χ3v) is 4.85. The lowest BCUT2D eigenvalue weighted by molar-refractivity contribution is 1.23. The first kappa shape index (κ1) is 23.8.